The van der Waals surface area contributed by atoms with E-state index in [1.807, 2.05) is 31.2 Å². The highest BCUT2D eigenvalue weighted by Gasteiger charge is 2.23. The van der Waals surface area contributed by atoms with Crippen molar-refractivity contribution in [3.05, 3.63) is 124 Å². The van der Waals surface area contributed by atoms with E-state index in [-0.39, 0.29) is 12.6 Å². The van der Waals surface area contributed by atoms with Crippen molar-refractivity contribution in [3.8, 4) is 5.75 Å². The highest BCUT2D eigenvalue weighted by molar-refractivity contribution is 14.1. The number of hydrogen-bond donors (Lipinski definition) is 2. The highest BCUT2D eigenvalue weighted by atomic mass is 127. The van der Waals surface area contributed by atoms with Gasteiger partial charge >= 0.3 is 5.97 Å². The number of phenols is 1. The maximum absolute atomic E-state index is 12.5. The molecule has 0 fully saturated rings. The van der Waals surface area contributed by atoms with Crippen LogP contribution >= 0.6 is 90.4 Å². The predicted molar refractivity (Wildman–Crippen MR) is 194 cm³/mol. The number of esters is 1. The topological polar surface area (TPSA) is 66.8 Å². The second kappa shape index (κ2) is 19.7. The van der Waals surface area contributed by atoms with Crippen LogP contribution in [0.2, 0.25) is 0 Å². The van der Waals surface area contributed by atoms with Gasteiger partial charge < -0.3 is 14.9 Å². The fourth-order valence-electron chi connectivity index (χ4n) is 3.23. The van der Waals surface area contributed by atoms with Gasteiger partial charge in [-0.2, -0.15) is 8.78 Å². The first-order chi connectivity index (χ1) is 22.1. The number of methoxy groups -OCH3 is 1. The molecule has 0 aromatic heterocycles. The summed E-state index contributed by atoms with van der Waals surface area (Å²) in [5.41, 5.74) is 2.44. The SMILES string of the molecule is COC(=O)c1c(I)cc(C)cc1I.Cc1c(F)c(F)c(F)c(F)c1F.Cc1c(F)c(F)c(O)c(F)c1F.Cc1c(I)cc(CO)cc1I. The summed E-state index contributed by atoms with van der Waals surface area (Å²) in [6.07, 6.45) is 0. The summed E-state index contributed by atoms with van der Waals surface area (Å²) in [5.74, 6) is -18.1. The molecule has 0 radical (unpaired) electrons. The van der Waals surface area contributed by atoms with Gasteiger partial charge in [0.1, 0.15) is 0 Å². The maximum Gasteiger partial charge on any atom is 0.340 e. The third kappa shape index (κ3) is 11.2. The van der Waals surface area contributed by atoms with Crippen LogP contribution in [0.15, 0.2) is 24.3 Å². The summed E-state index contributed by atoms with van der Waals surface area (Å²) >= 11 is 8.86. The molecule has 0 amide bonds. The molecule has 262 valence electrons. The number of ether oxygens (including phenoxy) is 1. The van der Waals surface area contributed by atoms with Gasteiger partial charge in [-0.25, -0.2) is 35.5 Å². The van der Waals surface area contributed by atoms with Gasteiger partial charge in [-0.1, -0.05) is 0 Å². The van der Waals surface area contributed by atoms with Gasteiger partial charge in [0.25, 0.3) is 0 Å². The number of halogens is 13. The summed E-state index contributed by atoms with van der Waals surface area (Å²) in [7, 11) is 1.40. The molecule has 0 aliphatic heterocycles. The molecule has 0 aliphatic rings. The molecule has 0 bridgehead atoms. The zero-order valence-electron chi connectivity index (χ0n) is 25.1. The number of aliphatic hydroxyl groups excluding tert-OH is 1. The lowest BCUT2D eigenvalue weighted by molar-refractivity contribution is 0.0598. The monoisotopic (exact) mass is 1140 g/mol. The molecule has 0 saturated carbocycles. The molecule has 4 aromatic carbocycles. The molecular weight excluding hydrogens is 1110 g/mol. The molecule has 0 saturated heterocycles. The minimum absolute atomic E-state index is 0.131. The fraction of sp³-hybridized carbons (Fsp3) is 0.194. The van der Waals surface area contributed by atoms with E-state index in [1.165, 1.54) is 19.8 Å². The van der Waals surface area contributed by atoms with Crippen LogP contribution in [-0.2, 0) is 11.3 Å². The highest BCUT2D eigenvalue weighted by Crippen LogP contribution is 2.28. The van der Waals surface area contributed by atoms with Crippen molar-refractivity contribution in [2.45, 2.75) is 34.3 Å². The molecule has 0 unspecified atom stereocenters. The standard InChI is InChI=1S/C9H8I2O2.C8H8I2O.C7H3F5.C7H4F4O/c1-5-3-6(10)8(7(11)4-5)9(12)13-2;1-5-7(9)2-6(4-11)3-8(5)10;2*1-2-3(8)5(10)7(12)6(11)4(2)9/h3-4H,1-2H3;2-3,11H,4H2,1H3;1H3;12H,1H3. The van der Waals surface area contributed by atoms with Gasteiger partial charge in [-0.3, -0.25) is 0 Å². The smallest absolute Gasteiger partial charge is 0.340 e. The molecule has 0 heterocycles. The van der Waals surface area contributed by atoms with Gasteiger partial charge in [0.2, 0.25) is 17.5 Å². The Balaban J connectivity index is 0.000000320. The summed E-state index contributed by atoms with van der Waals surface area (Å²) in [6.45, 7) is 5.91. The van der Waals surface area contributed by atoms with Crippen LogP contribution in [0.4, 0.5) is 39.5 Å². The van der Waals surface area contributed by atoms with Crippen LogP contribution in [-0.4, -0.2) is 23.3 Å². The number of aromatic hydroxyl groups is 1. The van der Waals surface area contributed by atoms with Crippen LogP contribution in [0.25, 0.3) is 0 Å². The number of phenolic OH excluding ortho intramolecular Hbond substituents is 1. The zero-order valence-corrected chi connectivity index (χ0v) is 33.8. The van der Waals surface area contributed by atoms with E-state index in [0.717, 1.165) is 32.1 Å². The molecule has 17 heteroatoms. The first kappa shape index (κ1) is 44.4. The molecule has 48 heavy (non-hydrogen) atoms. The van der Waals surface area contributed by atoms with Crippen molar-refractivity contribution in [1.82, 2.24) is 0 Å². The summed E-state index contributed by atoms with van der Waals surface area (Å²) in [6, 6.07) is 7.96. The molecule has 2 N–H and O–H groups in total. The van der Waals surface area contributed by atoms with Crippen LogP contribution in [0.3, 0.4) is 0 Å². The molecule has 0 spiro atoms. The fourth-order valence-corrected chi connectivity index (χ4v) is 7.65. The number of carbonyl (C=O) groups is 1. The molecule has 0 aliphatic carbocycles. The van der Waals surface area contributed by atoms with Crippen molar-refractivity contribution in [3.63, 3.8) is 0 Å². The molecule has 4 aromatic rings. The minimum Gasteiger partial charge on any atom is -0.503 e. The lowest BCUT2D eigenvalue weighted by Gasteiger charge is -2.06. The quantitative estimate of drug-likeness (QED) is 0.0690. The van der Waals surface area contributed by atoms with Crippen molar-refractivity contribution < 1.29 is 59.3 Å². The first-order valence-electron chi connectivity index (χ1n) is 12.7. The van der Waals surface area contributed by atoms with Gasteiger partial charge in [0.05, 0.1) is 19.3 Å². The van der Waals surface area contributed by atoms with E-state index in [4.69, 9.17) is 10.2 Å². The van der Waals surface area contributed by atoms with E-state index in [0.29, 0.717) is 5.56 Å². The van der Waals surface area contributed by atoms with Crippen LogP contribution < -0.4 is 0 Å². The lowest BCUT2D eigenvalue weighted by Crippen LogP contribution is -2.06. The number of aliphatic hydroxyl groups is 1. The molecule has 0 atom stereocenters. The first-order valence-corrected chi connectivity index (χ1v) is 17.0. The lowest BCUT2D eigenvalue weighted by atomic mass is 10.1. The second-order valence-corrected chi connectivity index (χ2v) is 14.0. The number of aryl methyl sites for hydroxylation is 1. The van der Waals surface area contributed by atoms with E-state index in [1.54, 1.807) is 0 Å². The Kier molecular flexibility index (Phi) is 18.2. The Morgan fingerprint density at radius 3 is 1.25 bits per heavy atom. The van der Waals surface area contributed by atoms with Crippen LogP contribution in [0, 0.1) is 94.3 Å². The van der Waals surface area contributed by atoms with Gasteiger partial charge in [-0.05, 0) is 159 Å². The van der Waals surface area contributed by atoms with Gasteiger partial charge in [-0.15, -0.1) is 0 Å². The zero-order chi connectivity index (χ0) is 37.4. The van der Waals surface area contributed by atoms with Crippen molar-refractivity contribution in [2.75, 3.05) is 7.11 Å². The summed E-state index contributed by atoms with van der Waals surface area (Å²) in [5, 5.41) is 17.3. The molecular formula is C31H23F9I4O4. The van der Waals surface area contributed by atoms with Gasteiger partial charge in [0, 0.05) is 25.4 Å². The predicted octanol–water partition coefficient (Wildman–Crippen LogP) is 10.6. The normalized spacial score (nSPS) is 10.2. The maximum atomic E-state index is 12.5. The summed E-state index contributed by atoms with van der Waals surface area (Å²) < 4.78 is 120. The number of carbonyl (C=O) groups excluding carboxylic acids is 1. The Hall–Kier alpha value is -1.60. The third-order valence-corrected chi connectivity index (χ3v) is 9.93. The molecule has 4 nitrogen and oxygen atoms in total. The largest absolute Gasteiger partial charge is 0.503 e. The second-order valence-electron chi connectivity index (χ2n) is 9.36. The average Bonchev–Trinajstić information content (AvgIpc) is 3.05. The third-order valence-electron chi connectivity index (χ3n) is 5.99. The van der Waals surface area contributed by atoms with Gasteiger partial charge in [0.15, 0.2) is 40.7 Å². The van der Waals surface area contributed by atoms with Crippen LogP contribution in [0.1, 0.15) is 38.2 Å². The number of benzene rings is 4. The number of hydrogen-bond acceptors (Lipinski definition) is 4. The Bertz CT molecular complexity index is 1500. The minimum atomic E-state index is -2.13. The Morgan fingerprint density at radius 2 is 0.917 bits per heavy atom. The Labute approximate surface area is 324 Å². The number of rotatable bonds is 2. The summed E-state index contributed by atoms with van der Waals surface area (Å²) in [4.78, 5) is 11.3. The van der Waals surface area contributed by atoms with Crippen molar-refractivity contribution in [1.29, 1.82) is 0 Å². The van der Waals surface area contributed by atoms with E-state index < -0.39 is 69.2 Å². The average molecular weight is 1140 g/mol. The van der Waals surface area contributed by atoms with Crippen molar-refractivity contribution >= 4 is 96.3 Å². The van der Waals surface area contributed by atoms with E-state index in [9.17, 15) is 44.3 Å². The van der Waals surface area contributed by atoms with E-state index in [2.05, 4.69) is 102 Å². The van der Waals surface area contributed by atoms with Crippen LogP contribution in [0.5, 0.6) is 5.75 Å². The molecule has 4 rings (SSSR count). The Morgan fingerprint density at radius 1 is 0.583 bits per heavy atom. The van der Waals surface area contributed by atoms with E-state index >= 15 is 0 Å². The van der Waals surface area contributed by atoms with Crippen molar-refractivity contribution in [2.24, 2.45) is 0 Å².